The van der Waals surface area contributed by atoms with Crippen molar-refractivity contribution in [1.82, 2.24) is 9.80 Å². The van der Waals surface area contributed by atoms with Crippen LogP contribution in [-0.2, 0) is 9.57 Å². The number of carbonyl (C=O) groups excluding carboxylic acids is 1. The van der Waals surface area contributed by atoms with Gasteiger partial charge >= 0.3 is 6.09 Å². The van der Waals surface area contributed by atoms with Crippen molar-refractivity contribution in [2.45, 2.75) is 111 Å². The molecule has 8 atom stereocenters. The molecule has 0 aromatic carbocycles. The van der Waals surface area contributed by atoms with Crippen molar-refractivity contribution < 1.29 is 14.4 Å². The summed E-state index contributed by atoms with van der Waals surface area (Å²) in [4.78, 5) is 23.5. The van der Waals surface area contributed by atoms with E-state index in [9.17, 15) is 4.79 Å². The Morgan fingerprint density at radius 2 is 1.88 bits per heavy atom. The minimum Gasteiger partial charge on any atom is -0.377 e. The van der Waals surface area contributed by atoms with Crippen LogP contribution in [0.15, 0.2) is 16.8 Å². The first-order chi connectivity index (χ1) is 18.9. The summed E-state index contributed by atoms with van der Waals surface area (Å²) in [5, 5.41) is 4.58. The largest absolute Gasteiger partial charge is 0.436 e. The van der Waals surface area contributed by atoms with Crippen molar-refractivity contribution >= 4 is 11.8 Å². The molecular weight excluding hydrogens is 498 g/mol. The zero-order valence-corrected chi connectivity index (χ0v) is 26.4. The lowest BCUT2D eigenvalue weighted by Crippen LogP contribution is -2.55. The van der Waals surface area contributed by atoms with Gasteiger partial charge in [0.1, 0.15) is 0 Å². The van der Waals surface area contributed by atoms with E-state index in [0.717, 1.165) is 42.3 Å². The molecule has 5 fully saturated rings. The van der Waals surface area contributed by atoms with Gasteiger partial charge in [0.05, 0.1) is 25.0 Å². The number of likely N-dealkylation sites (tertiary alicyclic amines) is 1. The first-order valence-corrected chi connectivity index (χ1v) is 16.4. The van der Waals surface area contributed by atoms with Crippen molar-refractivity contribution in [2.24, 2.45) is 51.0 Å². The summed E-state index contributed by atoms with van der Waals surface area (Å²) < 4.78 is 5.46. The second-order valence-electron chi connectivity index (χ2n) is 16.1. The lowest BCUT2D eigenvalue weighted by atomic mass is 9.46. The minimum absolute atomic E-state index is 0.0955. The van der Waals surface area contributed by atoms with Crippen LogP contribution in [0, 0.1) is 45.8 Å². The van der Waals surface area contributed by atoms with Gasteiger partial charge in [0.25, 0.3) is 0 Å². The third-order valence-electron chi connectivity index (χ3n) is 12.9. The van der Waals surface area contributed by atoms with E-state index in [1.807, 2.05) is 4.90 Å². The molecule has 6 rings (SSSR count). The normalized spacial score (nSPS) is 43.3. The van der Waals surface area contributed by atoms with Gasteiger partial charge in [-0.25, -0.2) is 4.79 Å². The molecule has 40 heavy (non-hydrogen) atoms. The monoisotopic (exact) mass is 553 g/mol. The van der Waals surface area contributed by atoms with Gasteiger partial charge in [0.2, 0.25) is 0 Å². The summed E-state index contributed by atoms with van der Waals surface area (Å²) in [5.41, 5.74) is 3.76. The number of rotatable bonds is 5. The molecule has 2 unspecified atom stereocenters. The van der Waals surface area contributed by atoms with E-state index < -0.39 is 0 Å². The highest BCUT2D eigenvalue weighted by Gasteiger charge is 2.59. The van der Waals surface area contributed by atoms with Crippen LogP contribution in [-0.4, -0.2) is 67.0 Å². The molecule has 0 spiro atoms. The fraction of sp³-hybridized carbons (Fsp3) is 0.882. The zero-order chi connectivity index (χ0) is 28.4. The van der Waals surface area contributed by atoms with Gasteiger partial charge in [-0.1, -0.05) is 51.4 Å². The highest BCUT2D eigenvalue weighted by atomic mass is 16.7. The molecule has 0 radical (unpaired) electrons. The Balaban J connectivity index is 1.13. The fourth-order valence-corrected chi connectivity index (χ4v) is 10.7. The second kappa shape index (κ2) is 10.4. The third-order valence-corrected chi connectivity index (χ3v) is 12.9. The van der Waals surface area contributed by atoms with E-state index >= 15 is 0 Å². The quantitative estimate of drug-likeness (QED) is 0.157. The van der Waals surface area contributed by atoms with Gasteiger partial charge in [0, 0.05) is 25.0 Å². The molecule has 2 saturated heterocycles. The third kappa shape index (κ3) is 4.87. The molecule has 0 aromatic heterocycles. The number of likely N-dealkylation sites (N-methyl/N-ethyl adjacent to an activating group) is 1. The Labute approximate surface area is 243 Å². The van der Waals surface area contributed by atoms with E-state index in [2.05, 4.69) is 64.7 Å². The topological polar surface area (TPSA) is 54.4 Å². The molecular formula is C34H55N3O3. The van der Waals surface area contributed by atoms with Crippen LogP contribution in [0.4, 0.5) is 4.79 Å². The smallest absolute Gasteiger partial charge is 0.377 e. The van der Waals surface area contributed by atoms with Crippen LogP contribution < -0.4 is 0 Å². The standard InChI is InChI=1S/C34H55N3O3/c1-22-12-14-33(5)24(16-22)8-9-27-29-11-10-28(34(29,6)15-13-30(27)33)23(2)35-40-31(38)37(26-19-39-20-26)18-25-17-32(3,4)21-36(25)7/h16,22,25-30H,8-15,17-21H2,1-7H3/b35-23+/t22?,25?,27-,28+,29-,30-,33-,34+/m0/s1. The molecule has 1 amide bonds. The highest BCUT2D eigenvalue weighted by Crippen LogP contribution is 2.67. The Bertz CT molecular complexity index is 1050. The summed E-state index contributed by atoms with van der Waals surface area (Å²) in [5.74, 6) is 3.59. The van der Waals surface area contributed by atoms with Crippen molar-refractivity contribution in [3.05, 3.63) is 11.6 Å². The number of oxime groups is 1. The molecule has 6 aliphatic rings. The van der Waals surface area contributed by atoms with Crippen LogP contribution in [0.2, 0.25) is 0 Å². The van der Waals surface area contributed by atoms with Crippen LogP contribution >= 0.6 is 0 Å². The van der Waals surface area contributed by atoms with Crippen molar-refractivity contribution in [3.63, 3.8) is 0 Å². The average molecular weight is 554 g/mol. The predicted octanol–water partition coefficient (Wildman–Crippen LogP) is 7.15. The maximum absolute atomic E-state index is 13.4. The summed E-state index contributed by atoms with van der Waals surface area (Å²) in [6.45, 7) is 17.2. The molecule has 224 valence electrons. The number of ether oxygens (including phenoxy) is 1. The van der Waals surface area contributed by atoms with Gasteiger partial charge in [0.15, 0.2) is 0 Å². The molecule has 0 bridgehead atoms. The van der Waals surface area contributed by atoms with Gasteiger partial charge in [-0.15, -0.1) is 0 Å². The zero-order valence-electron chi connectivity index (χ0n) is 26.4. The van der Waals surface area contributed by atoms with E-state index in [-0.39, 0.29) is 23.0 Å². The molecule has 2 heterocycles. The van der Waals surface area contributed by atoms with Gasteiger partial charge in [-0.05, 0) is 112 Å². The molecule has 6 heteroatoms. The molecule has 4 aliphatic carbocycles. The lowest BCUT2D eigenvalue weighted by molar-refractivity contribution is -0.0644. The van der Waals surface area contributed by atoms with E-state index in [0.29, 0.717) is 37.1 Å². The van der Waals surface area contributed by atoms with E-state index in [1.165, 1.54) is 51.4 Å². The fourth-order valence-electron chi connectivity index (χ4n) is 10.7. The summed E-state index contributed by atoms with van der Waals surface area (Å²) >= 11 is 0. The van der Waals surface area contributed by atoms with Crippen molar-refractivity contribution in [1.29, 1.82) is 0 Å². The van der Waals surface area contributed by atoms with Crippen molar-refractivity contribution in [3.8, 4) is 0 Å². The number of allylic oxidation sites excluding steroid dienone is 2. The summed E-state index contributed by atoms with van der Waals surface area (Å²) in [6, 6.07) is 0.441. The van der Waals surface area contributed by atoms with Crippen LogP contribution in [0.25, 0.3) is 0 Å². The predicted molar refractivity (Wildman–Crippen MR) is 160 cm³/mol. The molecule has 0 aromatic rings. The number of nitrogens with zero attached hydrogens (tertiary/aromatic N) is 3. The Kier molecular flexibility index (Phi) is 7.46. The summed E-state index contributed by atoms with van der Waals surface area (Å²) in [7, 11) is 2.17. The van der Waals surface area contributed by atoms with E-state index in [4.69, 9.17) is 9.57 Å². The Morgan fingerprint density at radius 1 is 1.10 bits per heavy atom. The van der Waals surface area contributed by atoms with Crippen LogP contribution in [0.1, 0.15) is 99.3 Å². The molecule has 2 aliphatic heterocycles. The SMILES string of the molecule is C/C(=N\OC(=O)N(CC1CC(C)(C)CN1C)C1COC1)[C@H]1CC[C@H]2[C@@H]3CCC4=CC(C)CC[C@]4(C)[C@H]3CC[C@]12C. The maximum Gasteiger partial charge on any atom is 0.436 e. The number of amides is 1. The molecule has 0 N–H and O–H groups in total. The number of fused-ring (bicyclic) bond motifs is 5. The van der Waals surface area contributed by atoms with Gasteiger partial charge in [-0.2, -0.15) is 0 Å². The van der Waals surface area contributed by atoms with Crippen molar-refractivity contribution in [2.75, 3.05) is 33.4 Å². The molecule has 3 saturated carbocycles. The number of carbonyl (C=O) groups is 1. The number of hydrogen-bond acceptors (Lipinski definition) is 5. The first kappa shape index (κ1) is 28.7. The van der Waals surface area contributed by atoms with Crippen LogP contribution in [0.5, 0.6) is 0 Å². The lowest BCUT2D eigenvalue weighted by Gasteiger charge is -2.58. The van der Waals surface area contributed by atoms with Crippen LogP contribution in [0.3, 0.4) is 0 Å². The van der Waals surface area contributed by atoms with E-state index in [1.54, 1.807) is 5.57 Å². The van der Waals surface area contributed by atoms with Gasteiger partial charge in [-0.3, -0.25) is 9.74 Å². The second-order valence-corrected chi connectivity index (χ2v) is 16.1. The summed E-state index contributed by atoms with van der Waals surface area (Å²) in [6.07, 6.45) is 13.9. The Morgan fingerprint density at radius 3 is 2.55 bits per heavy atom. The molecule has 6 nitrogen and oxygen atoms in total. The number of hydrogen-bond donors (Lipinski definition) is 0. The average Bonchev–Trinajstić information content (AvgIpc) is 3.35. The van der Waals surface area contributed by atoms with Gasteiger partial charge < -0.3 is 9.64 Å². The maximum atomic E-state index is 13.4. The Hall–Kier alpha value is -1.40. The first-order valence-electron chi connectivity index (χ1n) is 16.4. The highest BCUT2D eigenvalue weighted by molar-refractivity contribution is 5.85. The minimum atomic E-state index is -0.305.